The molecule has 0 radical (unpaired) electrons. The predicted molar refractivity (Wildman–Crippen MR) is 68.4 cm³/mol. The van der Waals surface area contributed by atoms with E-state index in [0.29, 0.717) is 0 Å². The van der Waals surface area contributed by atoms with Gasteiger partial charge in [-0.15, -0.1) is 0 Å². The summed E-state index contributed by atoms with van der Waals surface area (Å²) >= 11 is 0. The Morgan fingerprint density at radius 1 is 1.19 bits per heavy atom. The number of hydrogen-bond donors (Lipinski definition) is 1. The first-order chi connectivity index (χ1) is 7.60. The first kappa shape index (κ1) is 15.4. The van der Waals surface area contributed by atoms with Gasteiger partial charge < -0.3 is 15.1 Å². The molecule has 1 atom stereocenters. The molecule has 0 fully saturated rings. The molecule has 94 valence electrons. The van der Waals surface area contributed by atoms with Crippen molar-refractivity contribution in [2.75, 3.05) is 47.3 Å². The molecule has 16 heavy (non-hydrogen) atoms. The van der Waals surface area contributed by atoms with E-state index < -0.39 is 0 Å². The van der Waals surface area contributed by atoms with E-state index in [4.69, 9.17) is 5.26 Å². The summed E-state index contributed by atoms with van der Waals surface area (Å²) < 4.78 is 0. The predicted octanol–water partition coefficient (Wildman–Crippen LogP) is 0.762. The monoisotopic (exact) mass is 226 g/mol. The number of hydrogen-bond acceptors (Lipinski definition) is 4. The number of nitriles is 1. The zero-order chi connectivity index (χ0) is 12.4. The van der Waals surface area contributed by atoms with E-state index in [1.54, 1.807) is 0 Å². The molecule has 0 aliphatic carbocycles. The second kappa shape index (κ2) is 9.59. The van der Waals surface area contributed by atoms with Gasteiger partial charge >= 0.3 is 0 Å². The minimum Gasteiger partial charge on any atom is -0.308 e. The maximum atomic E-state index is 8.94. The minimum atomic E-state index is 0.00163. The van der Waals surface area contributed by atoms with E-state index >= 15 is 0 Å². The first-order valence-corrected chi connectivity index (χ1v) is 6.06. The summed E-state index contributed by atoms with van der Waals surface area (Å²) in [5, 5.41) is 12.2. The van der Waals surface area contributed by atoms with Crippen LogP contribution in [0.3, 0.4) is 0 Å². The summed E-state index contributed by atoms with van der Waals surface area (Å²) in [6, 6.07) is 2.31. The molecule has 1 N–H and O–H groups in total. The lowest BCUT2D eigenvalue weighted by atomic mass is 10.2. The van der Waals surface area contributed by atoms with Gasteiger partial charge in [0, 0.05) is 19.6 Å². The average molecular weight is 226 g/mol. The third-order valence-electron chi connectivity index (χ3n) is 2.53. The normalized spacial score (nSPS) is 13.1. The van der Waals surface area contributed by atoms with Crippen LogP contribution in [0, 0.1) is 11.3 Å². The lowest BCUT2D eigenvalue weighted by Gasteiger charge is -2.20. The Bertz CT molecular complexity index is 198. The molecule has 0 bridgehead atoms. The van der Waals surface area contributed by atoms with Crippen molar-refractivity contribution >= 4 is 0 Å². The van der Waals surface area contributed by atoms with Gasteiger partial charge in [0.2, 0.25) is 0 Å². The zero-order valence-corrected chi connectivity index (χ0v) is 11.2. The largest absolute Gasteiger partial charge is 0.308 e. The van der Waals surface area contributed by atoms with Crippen molar-refractivity contribution in [2.24, 2.45) is 0 Å². The summed E-state index contributed by atoms with van der Waals surface area (Å²) in [5.74, 6) is 0. The smallest absolute Gasteiger partial charge is 0.0965 e. The van der Waals surface area contributed by atoms with Crippen LogP contribution < -0.4 is 5.32 Å². The molecule has 0 aromatic rings. The topological polar surface area (TPSA) is 42.3 Å². The third kappa shape index (κ3) is 8.66. The van der Waals surface area contributed by atoms with E-state index in [1.807, 2.05) is 0 Å². The highest BCUT2D eigenvalue weighted by Crippen LogP contribution is 1.94. The molecule has 0 aromatic heterocycles. The Balaban J connectivity index is 3.63. The molecule has 4 nitrogen and oxygen atoms in total. The standard InChI is InChI=1S/C12H26N4/c1-5-7-14-12(11-13)6-8-16(4)10-9-15(2)3/h12,14H,5-10H2,1-4H3. The fourth-order valence-corrected chi connectivity index (χ4v) is 1.36. The lowest BCUT2D eigenvalue weighted by Crippen LogP contribution is -2.34. The molecule has 0 heterocycles. The molecule has 0 saturated carbocycles. The highest BCUT2D eigenvalue weighted by molar-refractivity contribution is 4.89. The van der Waals surface area contributed by atoms with E-state index in [1.165, 1.54) is 0 Å². The summed E-state index contributed by atoms with van der Waals surface area (Å²) in [6.45, 7) is 6.14. The Labute approximate surface area is 100 Å². The number of rotatable bonds is 9. The van der Waals surface area contributed by atoms with Crippen molar-refractivity contribution in [3.05, 3.63) is 0 Å². The van der Waals surface area contributed by atoms with Crippen molar-refractivity contribution < 1.29 is 0 Å². The van der Waals surface area contributed by atoms with Crippen molar-refractivity contribution in [3.63, 3.8) is 0 Å². The van der Waals surface area contributed by atoms with Gasteiger partial charge in [0.25, 0.3) is 0 Å². The second-order valence-electron chi connectivity index (χ2n) is 4.53. The second-order valence-corrected chi connectivity index (χ2v) is 4.53. The Hall–Kier alpha value is -0.630. The van der Waals surface area contributed by atoms with Crippen LogP contribution in [-0.4, -0.2) is 63.2 Å². The minimum absolute atomic E-state index is 0.00163. The molecule has 0 aliphatic rings. The van der Waals surface area contributed by atoms with E-state index in [-0.39, 0.29) is 6.04 Å². The lowest BCUT2D eigenvalue weighted by molar-refractivity contribution is 0.274. The van der Waals surface area contributed by atoms with Crippen molar-refractivity contribution in [1.82, 2.24) is 15.1 Å². The molecule has 0 saturated heterocycles. The molecule has 0 amide bonds. The van der Waals surface area contributed by atoms with Crippen LogP contribution in [0.1, 0.15) is 19.8 Å². The SMILES string of the molecule is CCCNC(C#N)CCN(C)CCN(C)C. The number of nitrogens with one attached hydrogen (secondary N) is 1. The quantitative estimate of drug-likeness (QED) is 0.630. The molecule has 4 heteroatoms. The van der Waals surface area contributed by atoms with Crippen molar-refractivity contribution in [2.45, 2.75) is 25.8 Å². The Morgan fingerprint density at radius 3 is 2.38 bits per heavy atom. The summed E-state index contributed by atoms with van der Waals surface area (Å²) in [6.07, 6.45) is 1.98. The third-order valence-corrected chi connectivity index (χ3v) is 2.53. The van der Waals surface area contributed by atoms with Crippen molar-refractivity contribution in [1.29, 1.82) is 5.26 Å². The van der Waals surface area contributed by atoms with Crippen LogP contribution in [0.15, 0.2) is 0 Å². The molecule has 0 spiro atoms. The summed E-state index contributed by atoms with van der Waals surface area (Å²) in [4.78, 5) is 4.45. The van der Waals surface area contributed by atoms with Gasteiger partial charge in [0.15, 0.2) is 0 Å². The highest BCUT2D eigenvalue weighted by atomic mass is 15.1. The first-order valence-electron chi connectivity index (χ1n) is 6.06. The van der Waals surface area contributed by atoms with E-state index in [9.17, 15) is 0 Å². The van der Waals surface area contributed by atoms with Gasteiger partial charge in [0.05, 0.1) is 12.1 Å². The summed E-state index contributed by atoms with van der Waals surface area (Å²) in [7, 11) is 6.27. The van der Waals surface area contributed by atoms with Crippen LogP contribution in [0.4, 0.5) is 0 Å². The number of likely N-dealkylation sites (N-methyl/N-ethyl adjacent to an activating group) is 2. The van der Waals surface area contributed by atoms with Gasteiger partial charge in [-0.2, -0.15) is 5.26 Å². The zero-order valence-electron chi connectivity index (χ0n) is 11.2. The molecule has 0 rings (SSSR count). The van der Waals surface area contributed by atoms with Gasteiger partial charge in [-0.05, 0) is 40.5 Å². The van der Waals surface area contributed by atoms with Gasteiger partial charge in [-0.1, -0.05) is 6.92 Å². The fraction of sp³-hybridized carbons (Fsp3) is 0.917. The van der Waals surface area contributed by atoms with Gasteiger partial charge in [0.1, 0.15) is 0 Å². The van der Waals surface area contributed by atoms with Crippen LogP contribution in [0.5, 0.6) is 0 Å². The Kier molecular flexibility index (Phi) is 9.21. The summed E-state index contributed by atoms with van der Waals surface area (Å²) in [5.41, 5.74) is 0. The van der Waals surface area contributed by atoms with Gasteiger partial charge in [-0.3, -0.25) is 0 Å². The van der Waals surface area contributed by atoms with Crippen molar-refractivity contribution in [3.8, 4) is 6.07 Å². The fourth-order valence-electron chi connectivity index (χ4n) is 1.36. The molecule has 0 aliphatic heterocycles. The number of nitrogens with zero attached hydrogens (tertiary/aromatic N) is 3. The van der Waals surface area contributed by atoms with Crippen LogP contribution in [0.25, 0.3) is 0 Å². The molecular formula is C12H26N4. The maximum absolute atomic E-state index is 8.94. The maximum Gasteiger partial charge on any atom is 0.0965 e. The molecule has 1 unspecified atom stereocenters. The van der Waals surface area contributed by atoms with Crippen LogP contribution in [-0.2, 0) is 0 Å². The van der Waals surface area contributed by atoms with E-state index in [2.05, 4.69) is 49.3 Å². The molecular weight excluding hydrogens is 200 g/mol. The van der Waals surface area contributed by atoms with Crippen LogP contribution >= 0.6 is 0 Å². The Morgan fingerprint density at radius 2 is 1.88 bits per heavy atom. The van der Waals surface area contributed by atoms with E-state index in [0.717, 1.165) is 39.0 Å². The van der Waals surface area contributed by atoms with Gasteiger partial charge in [-0.25, -0.2) is 0 Å². The average Bonchev–Trinajstić information content (AvgIpc) is 2.26. The molecule has 0 aromatic carbocycles. The van der Waals surface area contributed by atoms with Crippen LogP contribution in [0.2, 0.25) is 0 Å². The highest BCUT2D eigenvalue weighted by Gasteiger charge is 2.07.